The summed E-state index contributed by atoms with van der Waals surface area (Å²) in [5, 5.41) is 11.5. The van der Waals surface area contributed by atoms with Crippen LogP contribution in [0.25, 0.3) is 0 Å². The molecule has 6 heteroatoms. The van der Waals surface area contributed by atoms with Crippen molar-refractivity contribution < 1.29 is 9.53 Å². The van der Waals surface area contributed by atoms with E-state index in [-0.39, 0.29) is 11.8 Å². The number of nitrogens with one attached hydrogen (secondary N) is 1. The quantitative estimate of drug-likeness (QED) is 0.935. The predicted molar refractivity (Wildman–Crippen MR) is 88.6 cm³/mol. The number of carbonyl (C=O) groups excluding carboxylic acids is 1. The second kappa shape index (κ2) is 6.63. The van der Waals surface area contributed by atoms with Crippen molar-refractivity contribution in [3.05, 3.63) is 41.5 Å². The molecule has 1 amide bonds. The first-order chi connectivity index (χ1) is 11.8. The lowest BCUT2D eigenvalue weighted by Crippen LogP contribution is -2.33. The third kappa shape index (κ3) is 3.00. The van der Waals surface area contributed by atoms with Crippen molar-refractivity contribution in [3.8, 4) is 5.75 Å². The van der Waals surface area contributed by atoms with Crippen LogP contribution >= 0.6 is 0 Å². The number of aromatic nitrogens is 3. The zero-order chi connectivity index (χ0) is 16.4. The van der Waals surface area contributed by atoms with Crippen LogP contribution in [0, 0.1) is 5.92 Å². The van der Waals surface area contributed by atoms with E-state index in [1.165, 1.54) is 6.42 Å². The minimum absolute atomic E-state index is 0.0580. The molecular formula is C18H22N4O2. The molecule has 0 spiro atoms. The minimum Gasteiger partial charge on any atom is -0.493 e. The first kappa shape index (κ1) is 15.2. The van der Waals surface area contributed by atoms with Gasteiger partial charge in [-0.2, -0.15) is 0 Å². The Labute approximate surface area is 141 Å². The Kier molecular flexibility index (Phi) is 4.19. The van der Waals surface area contributed by atoms with Crippen molar-refractivity contribution in [2.45, 2.75) is 45.2 Å². The Balaban J connectivity index is 1.40. The Morgan fingerprint density at radius 3 is 3.17 bits per heavy atom. The number of rotatable bonds is 3. The molecule has 0 radical (unpaired) electrons. The zero-order valence-corrected chi connectivity index (χ0v) is 13.7. The molecule has 3 heterocycles. The maximum atomic E-state index is 12.6. The second-order valence-corrected chi connectivity index (χ2v) is 6.50. The van der Waals surface area contributed by atoms with Gasteiger partial charge in [-0.25, -0.2) is 0 Å². The van der Waals surface area contributed by atoms with Gasteiger partial charge in [-0.1, -0.05) is 18.2 Å². The number of carbonyl (C=O) groups is 1. The predicted octanol–water partition coefficient (Wildman–Crippen LogP) is 1.87. The first-order valence-electron chi connectivity index (χ1n) is 8.70. The van der Waals surface area contributed by atoms with Crippen LogP contribution in [0.15, 0.2) is 24.3 Å². The second-order valence-electron chi connectivity index (χ2n) is 6.50. The Morgan fingerprint density at radius 1 is 1.29 bits per heavy atom. The van der Waals surface area contributed by atoms with Gasteiger partial charge in [0.05, 0.1) is 13.2 Å². The standard InChI is InChI=1S/C18H22N4O2/c23-18(14-8-10-24-15-6-2-1-5-13(15)11-14)19-12-17-21-20-16-7-3-4-9-22(16)17/h1-2,5-6,14H,3-4,7-12H2,(H,19,23)/t14-/m1/s1. The summed E-state index contributed by atoms with van der Waals surface area (Å²) in [7, 11) is 0. The van der Waals surface area contributed by atoms with Crippen LogP contribution in [0.1, 0.15) is 36.5 Å². The summed E-state index contributed by atoms with van der Waals surface area (Å²) in [6.45, 7) is 1.98. The fraction of sp³-hybridized carbons (Fsp3) is 0.500. The number of hydrogen-bond donors (Lipinski definition) is 1. The Bertz CT molecular complexity index is 740. The lowest BCUT2D eigenvalue weighted by Gasteiger charge is -2.16. The number of hydrogen-bond acceptors (Lipinski definition) is 4. The molecule has 4 rings (SSSR count). The average Bonchev–Trinajstić information content (AvgIpc) is 2.90. The lowest BCUT2D eigenvalue weighted by molar-refractivity contribution is -0.125. The third-order valence-electron chi connectivity index (χ3n) is 4.89. The molecule has 126 valence electrons. The largest absolute Gasteiger partial charge is 0.493 e. The van der Waals surface area contributed by atoms with Crippen LogP contribution in [-0.2, 0) is 30.7 Å². The van der Waals surface area contributed by atoms with Crippen LogP contribution in [0.3, 0.4) is 0 Å². The SMILES string of the molecule is O=C(NCc1nnc2n1CCCC2)[C@@H]1CCOc2ccccc2C1. The van der Waals surface area contributed by atoms with Crippen LogP contribution in [0.2, 0.25) is 0 Å². The highest BCUT2D eigenvalue weighted by molar-refractivity contribution is 5.79. The van der Waals surface area contributed by atoms with Gasteiger partial charge in [0.15, 0.2) is 5.82 Å². The summed E-state index contributed by atoms with van der Waals surface area (Å²) in [4.78, 5) is 12.6. The van der Waals surface area contributed by atoms with Gasteiger partial charge < -0.3 is 14.6 Å². The molecule has 24 heavy (non-hydrogen) atoms. The van der Waals surface area contributed by atoms with Gasteiger partial charge in [-0.15, -0.1) is 10.2 Å². The molecule has 1 aromatic heterocycles. The monoisotopic (exact) mass is 326 g/mol. The first-order valence-corrected chi connectivity index (χ1v) is 8.70. The molecule has 1 aromatic carbocycles. The number of nitrogens with zero attached hydrogens (tertiary/aromatic N) is 3. The van der Waals surface area contributed by atoms with Gasteiger partial charge in [0.25, 0.3) is 0 Å². The molecule has 0 saturated carbocycles. The third-order valence-corrected chi connectivity index (χ3v) is 4.89. The van der Waals surface area contributed by atoms with Gasteiger partial charge >= 0.3 is 0 Å². The number of amides is 1. The van der Waals surface area contributed by atoms with E-state index in [1.807, 2.05) is 24.3 Å². The van der Waals surface area contributed by atoms with Crippen LogP contribution in [0.5, 0.6) is 5.75 Å². The number of fused-ring (bicyclic) bond motifs is 2. The average molecular weight is 326 g/mol. The molecule has 1 N–H and O–H groups in total. The molecule has 0 bridgehead atoms. The van der Waals surface area contributed by atoms with Crippen LogP contribution in [0.4, 0.5) is 0 Å². The van der Waals surface area contributed by atoms with E-state index in [1.54, 1.807) is 0 Å². The molecule has 0 saturated heterocycles. The van der Waals surface area contributed by atoms with Crippen molar-refractivity contribution in [2.24, 2.45) is 5.92 Å². The lowest BCUT2D eigenvalue weighted by atomic mass is 9.96. The van der Waals surface area contributed by atoms with E-state index >= 15 is 0 Å². The van der Waals surface area contributed by atoms with Crippen LogP contribution in [-0.4, -0.2) is 27.3 Å². The van der Waals surface area contributed by atoms with Gasteiger partial charge in [0, 0.05) is 18.9 Å². The summed E-state index contributed by atoms with van der Waals surface area (Å²) < 4.78 is 7.90. The smallest absolute Gasteiger partial charge is 0.223 e. The van der Waals surface area contributed by atoms with Gasteiger partial charge in [-0.05, 0) is 37.3 Å². The highest BCUT2D eigenvalue weighted by Crippen LogP contribution is 2.26. The molecule has 0 aliphatic carbocycles. The van der Waals surface area contributed by atoms with Crippen LogP contribution < -0.4 is 10.1 Å². The maximum absolute atomic E-state index is 12.6. The van der Waals surface area contributed by atoms with Gasteiger partial charge in [0.2, 0.25) is 5.91 Å². The highest BCUT2D eigenvalue weighted by Gasteiger charge is 2.24. The van der Waals surface area contributed by atoms with Crippen molar-refractivity contribution in [3.63, 3.8) is 0 Å². The molecule has 0 unspecified atom stereocenters. The normalized spacial score (nSPS) is 19.6. The number of ether oxygens (including phenoxy) is 1. The fourth-order valence-corrected chi connectivity index (χ4v) is 3.53. The molecule has 2 aromatic rings. The van der Waals surface area contributed by atoms with E-state index in [0.717, 1.165) is 55.2 Å². The Morgan fingerprint density at radius 2 is 2.21 bits per heavy atom. The fourth-order valence-electron chi connectivity index (χ4n) is 3.53. The summed E-state index contributed by atoms with van der Waals surface area (Å²) in [5.41, 5.74) is 1.11. The van der Waals surface area contributed by atoms with Gasteiger partial charge in [-0.3, -0.25) is 4.79 Å². The molecule has 2 aliphatic heterocycles. The van der Waals surface area contributed by atoms with E-state index in [2.05, 4.69) is 20.1 Å². The molecule has 0 fully saturated rings. The number of para-hydroxylation sites is 1. The van der Waals surface area contributed by atoms with Crippen molar-refractivity contribution in [1.29, 1.82) is 0 Å². The summed E-state index contributed by atoms with van der Waals surface area (Å²) in [5.74, 6) is 2.82. The van der Waals surface area contributed by atoms with E-state index in [9.17, 15) is 4.79 Å². The van der Waals surface area contributed by atoms with Crippen molar-refractivity contribution in [2.75, 3.05) is 6.61 Å². The topological polar surface area (TPSA) is 69.0 Å². The summed E-state index contributed by atoms with van der Waals surface area (Å²) in [6, 6.07) is 7.96. The molecule has 2 aliphatic rings. The van der Waals surface area contributed by atoms with Gasteiger partial charge in [0.1, 0.15) is 11.6 Å². The van der Waals surface area contributed by atoms with Crippen molar-refractivity contribution in [1.82, 2.24) is 20.1 Å². The van der Waals surface area contributed by atoms with Crippen molar-refractivity contribution >= 4 is 5.91 Å². The minimum atomic E-state index is -0.0580. The maximum Gasteiger partial charge on any atom is 0.223 e. The zero-order valence-electron chi connectivity index (χ0n) is 13.7. The molecule has 1 atom stereocenters. The Hall–Kier alpha value is -2.37. The highest BCUT2D eigenvalue weighted by atomic mass is 16.5. The number of benzene rings is 1. The van der Waals surface area contributed by atoms with E-state index < -0.39 is 0 Å². The van der Waals surface area contributed by atoms with E-state index in [0.29, 0.717) is 13.2 Å². The summed E-state index contributed by atoms with van der Waals surface area (Å²) >= 11 is 0. The molecular weight excluding hydrogens is 304 g/mol. The number of aryl methyl sites for hydroxylation is 1. The van der Waals surface area contributed by atoms with E-state index in [4.69, 9.17) is 4.74 Å². The summed E-state index contributed by atoms with van der Waals surface area (Å²) in [6.07, 6.45) is 4.77. The molecule has 6 nitrogen and oxygen atoms in total.